The molecule has 27 heavy (non-hydrogen) atoms. The van der Waals surface area contributed by atoms with Gasteiger partial charge in [0.1, 0.15) is 5.69 Å². The molecule has 1 aromatic heterocycles. The molecular formula is C18H17N5O3S. The molecule has 0 amide bonds. The molecule has 138 valence electrons. The highest BCUT2D eigenvalue weighted by molar-refractivity contribution is 7.22. The largest absolute Gasteiger partial charge is 0.378 e. The monoisotopic (exact) mass is 383 g/mol. The van der Waals surface area contributed by atoms with Gasteiger partial charge in [0.25, 0.3) is 5.69 Å². The zero-order valence-electron chi connectivity index (χ0n) is 14.4. The van der Waals surface area contributed by atoms with Gasteiger partial charge in [-0.1, -0.05) is 29.5 Å². The van der Waals surface area contributed by atoms with Crippen molar-refractivity contribution in [3.05, 3.63) is 58.1 Å². The van der Waals surface area contributed by atoms with Crippen molar-refractivity contribution in [2.45, 2.75) is 0 Å². The fourth-order valence-corrected chi connectivity index (χ4v) is 3.74. The number of nitro benzene ring substituents is 1. The fourth-order valence-electron chi connectivity index (χ4n) is 2.92. The zero-order chi connectivity index (χ0) is 18.6. The molecule has 0 unspecified atom stereocenters. The van der Waals surface area contributed by atoms with Gasteiger partial charge in [-0.15, -0.1) is 0 Å². The van der Waals surface area contributed by atoms with Crippen LogP contribution in [0.25, 0.3) is 10.2 Å². The molecule has 9 heteroatoms. The van der Waals surface area contributed by atoms with E-state index in [1.54, 1.807) is 12.3 Å². The van der Waals surface area contributed by atoms with E-state index in [0.29, 0.717) is 42.7 Å². The van der Waals surface area contributed by atoms with Gasteiger partial charge in [0.15, 0.2) is 0 Å². The van der Waals surface area contributed by atoms with E-state index >= 15 is 0 Å². The molecule has 0 saturated carbocycles. The summed E-state index contributed by atoms with van der Waals surface area (Å²) >= 11 is 1.50. The summed E-state index contributed by atoms with van der Waals surface area (Å²) in [6.07, 6.45) is 1.56. The minimum Gasteiger partial charge on any atom is -0.378 e. The molecule has 0 spiro atoms. The van der Waals surface area contributed by atoms with Gasteiger partial charge in [-0.05, 0) is 18.2 Å². The molecule has 2 aromatic carbocycles. The number of nitro groups is 1. The highest BCUT2D eigenvalue weighted by Crippen LogP contribution is 2.29. The number of nitrogens with zero attached hydrogens (tertiary/aromatic N) is 4. The highest BCUT2D eigenvalue weighted by atomic mass is 32.1. The quantitative estimate of drug-likeness (QED) is 0.412. The topological polar surface area (TPSA) is 92.9 Å². The number of anilines is 2. The smallest absolute Gasteiger partial charge is 0.293 e. The van der Waals surface area contributed by atoms with Crippen LogP contribution >= 0.6 is 11.3 Å². The van der Waals surface area contributed by atoms with Crippen LogP contribution in [0, 0.1) is 10.1 Å². The van der Waals surface area contributed by atoms with Gasteiger partial charge in [-0.2, -0.15) is 5.10 Å². The van der Waals surface area contributed by atoms with Gasteiger partial charge in [0.05, 0.1) is 34.6 Å². The molecule has 1 aliphatic heterocycles. The number of thiazole rings is 1. The summed E-state index contributed by atoms with van der Waals surface area (Å²) in [5, 5.41) is 16.3. The summed E-state index contributed by atoms with van der Waals surface area (Å²) in [6, 6.07) is 13.0. The van der Waals surface area contributed by atoms with Crippen molar-refractivity contribution >= 4 is 44.3 Å². The van der Waals surface area contributed by atoms with Crippen LogP contribution in [-0.4, -0.2) is 42.4 Å². The molecule has 0 bridgehead atoms. The average molecular weight is 383 g/mol. The van der Waals surface area contributed by atoms with E-state index in [2.05, 4.69) is 15.5 Å². The van der Waals surface area contributed by atoms with Crippen LogP contribution in [-0.2, 0) is 4.74 Å². The molecule has 3 aromatic rings. The third-order valence-electron chi connectivity index (χ3n) is 4.22. The first-order chi connectivity index (χ1) is 13.2. The maximum Gasteiger partial charge on any atom is 0.293 e. The van der Waals surface area contributed by atoms with E-state index in [1.165, 1.54) is 17.4 Å². The highest BCUT2D eigenvalue weighted by Gasteiger charge is 2.21. The van der Waals surface area contributed by atoms with Crippen LogP contribution in [0.3, 0.4) is 0 Å². The van der Waals surface area contributed by atoms with Crippen molar-refractivity contribution in [2.75, 3.05) is 36.6 Å². The number of hydrogen-bond acceptors (Lipinski definition) is 8. The molecule has 2 heterocycles. The van der Waals surface area contributed by atoms with Crippen molar-refractivity contribution < 1.29 is 9.66 Å². The predicted octanol–water partition coefficient (Wildman–Crippen LogP) is 3.49. The minimum atomic E-state index is -0.358. The molecule has 4 rings (SSSR count). The third kappa shape index (κ3) is 3.88. The first-order valence-corrected chi connectivity index (χ1v) is 9.28. The lowest BCUT2D eigenvalue weighted by Crippen LogP contribution is -2.36. The number of morpholine rings is 1. The molecule has 0 radical (unpaired) electrons. The number of rotatable bonds is 5. The van der Waals surface area contributed by atoms with Crippen molar-refractivity contribution in [1.29, 1.82) is 0 Å². The molecule has 1 saturated heterocycles. The van der Waals surface area contributed by atoms with Gasteiger partial charge in [-0.3, -0.25) is 15.5 Å². The van der Waals surface area contributed by atoms with Crippen molar-refractivity contribution in [2.24, 2.45) is 5.10 Å². The summed E-state index contributed by atoms with van der Waals surface area (Å²) in [6.45, 7) is 2.44. The maximum absolute atomic E-state index is 11.5. The summed E-state index contributed by atoms with van der Waals surface area (Å²) in [5.41, 5.74) is 5.12. The van der Waals surface area contributed by atoms with E-state index in [1.807, 2.05) is 35.2 Å². The second-order valence-electron chi connectivity index (χ2n) is 5.96. The Morgan fingerprint density at radius 3 is 2.85 bits per heavy atom. The molecule has 0 atom stereocenters. The number of ether oxygens (including phenoxy) is 1. The number of aromatic nitrogens is 1. The molecule has 0 aliphatic carbocycles. The van der Waals surface area contributed by atoms with Crippen LogP contribution in [0.15, 0.2) is 47.6 Å². The third-order valence-corrected chi connectivity index (χ3v) is 5.16. The standard InChI is InChI=1S/C18H17N5O3S/c24-23(25)16-11-13(5-6-15(16)22-7-9-26-10-8-22)12-19-21-18-20-14-3-1-2-4-17(14)27-18/h1-6,11-12H,7-10H2,(H,20,21)/b19-12-. The van der Waals surface area contributed by atoms with Crippen LogP contribution in [0.5, 0.6) is 0 Å². The molecule has 1 fully saturated rings. The lowest BCUT2D eigenvalue weighted by atomic mass is 10.1. The Kier molecular flexibility index (Phi) is 4.95. The summed E-state index contributed by atoms with van der Waals surface area (Å²) in [4.78, 5) is 17.5. The van der Waals surface area contributed by atoms with Gasteiger partial charge in [-0.25, -0.2) is 4.98 Å². The van der Waals surface area contributed by atoms with Crippen LogP contribution < -0.4 is 10.3 Å². The van der Waals surface area contributed by atoms with Gasteiger partial charge < -0.3 is 9.64 Å². The lowest BCUT2D eigenvalue weighted by molar-refractivity contribution is -0.384. The first kappa shape index (κ1) is 17.4. The van der Waals surface area contributed by atoms with Crippen molar-refractivity contribution in [3.63, 3.8) is 0 Å². The Morgan fingerprint density at radius 2 is 2.07 bits per heavy atom. The normalized spacial score (nSPS) is 14.7. The Bertz CT molecular complexity index is 965. The van der Waals surface area contributed by atoms with E-state index in [9.17, 15) is 10.1 Å². The van der Waals surface area contributed by atoms with Crippen molar-refractivity contribution in [3.8, 4) is 0 Å². The Balaban J connectivity index is 1.51. The average Bonchev–Trinajstić information content (AvgIpc) is 3.11. The maximum atomic E-state index is 11.5. The number of fused-ring (bicyclic) bond motifs is 1. The Labute approximate surface area is 159 Å². The molecule has 8 nitrogen and oxygen atoms in total. The molecular weight excluding hydrogens is 366 g/mol. The van der Waals surface area contributed by atoms with Gasteiger partial charge in [0.2, 0.25) is 5.13 Å². The number of hydrogen-bond donors (Lipinski definition) is 1. The van der Waals surface area contributed by atoms with E-state index in [-0.39, 0.29) is 10.6 Å². The zero-order valence-corrected chi connectivity index (χ0v) is 15.2. The van der Waals surface area contributed by atoms with E-state index < -0.39 is 0 Å². The second-order valence-corrected chi connectivity index (χ2v) is 6.99. The van der Waals surface area contributed by atoms with Gasteiger partial charge in [0, 0.05) is 24.7 Å². The summed E-state index contributed by atoms with van der Waals surface area (Å²) in [5.74, 6) is 0. The van der Waals surface area contributed by atoms with Gasteiger partial charge >= 0.3 is 0 Å². The fraction of sp³-hybridized carbons (Fsp3) is 0.222. The number of hydrazone groups is 1. The molecule has 1 N–H and O–H groups in total. The van der Waals surface area contributed by atoms with Crippen molar-refractivity contribution in [1.82, 2.24) is 4.98 Å². The lowest BCUT2D eigenvalue weighted by Gasteiger charge is -2.28. The minimum absolute atomic E-state index is 0.0702. The SMILES string of the molecule is O=[N+]([O-])c1cc(/C=N\Nc2nc3ccccc3s2)ccc1N1CCOCC1. The van der Waals surface area contributed by atoms with E-state index in [0.717, 1.165) is 10.2 Å². The summed E-state index contributed by atoms with van der Waals surface area (Å²) < 4.78 is 6.39. The summed E-state index contributed by atoms with van der Waals surface area (Å²) in [7, 11) is 0. The second kappa shape index (κ2) is 7.68. The van der Waals surface area contributed by atoms with Crippen LogP contribution in [0.1, 0.15) is 5.56 Å². The Morgan fingerprint density at radius 1 is 1.26 bits per heavy atom. The number of para-hydroxylation sites is 1. The van der Waals surface area contributed by atoms with Crippen LogP contribution in [0.4, 0.5) is 16.5 Å². The Hall–Kier alpha value is -3.04. The number of nitrogens with one attached hydrogen (secondary N) is 1. The number of benzene rings is 2. The van der Waals surface area contributed by atoms with Crippen LogP contribution in [0.2, 0.25) is 0 Å². The predicted molar refractivity (Wildman–Crippen MR) is 107 cm³/mol. The molecule has 1 aliphatic rings. The van der Waals surface area contributed by atoms with E-state index in [4.69, 9.17) is 4.74 Å². The first-order valence-electron chi connectivity index (χ1n) is 8.46.